The lowest BCUT2D eigenvalue weighted by atomic mass is 10.1. The van der Waals surface area contributed by atoms with Crippen molar-refractivity contribution >= 4 is 45.3 Å². The Morgan fingerprint density at radius 1 is 1.17 bits per heavy atom. The number of hydrogen-bond acceptors (Lipinski definition) is 5. The van der Waals surface area contributed by atoms with Crippen LogP contribution in [0.25, 0.3) is 0 Å². The van der Waals surface area contributed by atoms with Gasteiger partial charge in [0.1, 0.15) is 0 Å². The summed E-state index contributed by atoms with van der Waals surface area (Å²) in [5, 5.41) is 12.8. The fraction of sp³-hybridized carbons (Fsp3) is 0.133. The Bertz CT molecular complexity index is 715. The number of carboxylic acid groups (broad SMARTS) is 1. The van der Waals surface area contributed by atoms with Crippen LogP contribution >= 0.6 is 27.7 Å². The molecule has 0 saturated heterocycles. The molecule has 2 rings (SSSR count). The molecule has 0 unspecified atom stereocenters. The first-order valence-corrected chi connectivity index (χ1v) is 8.48. The van der Waals surface area contributed by atoms with Crippen molar-refractivity contribution in [1.29, 1.82) is 0 Å². The highest BCUT2D eigenvalue weighted by Crippen LogP contribution is 2.14. The molecule has 1 aromatic heterocycles. The molecule has 1 heterocycles. The van der Waals surface area contributed by atoms with E-state index in [9.17, 15) is 9.59 Å². The Hall–Kier alpha value is -2.06. The van der Waals surface area contributed by atoms with Gasteiger partial charge in [0, 0.05) is 5.75 Å². The molecule has 0 bridgehead atoms. The molecule has 1 aromatic carbocycles. The SMILES string of the molecule is O=C(O)CSCC(=NNC(=O)c1ccc(Br)o1)c1ccccc1. The first-order chi connectivity index (χ1) is 11.1. The first-order valence-electron chi connectivity index (χ1n) is 6.53. The number of hydrogen-bond donors (Lipinski definition) is 2. The topological polar surface area (TPSA) is 91.9 Å². The predicted octanol–water partition coefficient (Wildman–Crippen LogP) is 2.99. The average molecular weight is 397 g/mol. The van der Waals surface area contributed by atoms with Crippen molar-refractivity contribution < 1.29 is 19.1 Å². The third-order valence-corrected chi connectivity index (χ3v) is 4.02. The molecule has 0 fully saturated rings. The number of nitrogens with one attached hydrogen (secondary N) is 1. The molecule has 2 aromatic rings. The number of rotatable bonds is 7. The third-order valence-electron chi connectivity index (χ3n) is 2.66. The molecule has 1 amide bonds. The second-order valence-electron chi connectivity index (χ2n) is 4.36. The van der Waals surface area contributed by atoms with E-state index in [1.54, 1.807) is 6.07 Å². The Labute approximate surface area is 145 Å². The number of aliphatic carboxylic acids is 1. The van der Waals surface area contributed by atoms with Crippen molar-refractivity contribution in [3.8, 4) is 0 Å². The molecular weight excluding hydrogens is 384 g/mol. The Balaban J connectivity index is 2.09. The predicted molar refractivity (Wildman–Crippen MR) is 91.8 cm³/mol. The molecule has 0 spiro atoms. The van der Waals surface area contributed by atoms with E-state index in [4.69, 9.17) is 9.52 Å². The molecule has 0 aliphatic rings. The summed E-state index contributed by atoms with van der Waals surface area (Å²) >= 11 is 4.33. The standard InChI is InChI=1S/C15H13BrN2O4S/c16-13-7-6-12(22-13)15(21)18-17-11(8-23-9-14(19)20)10-4-2-1-3-5-10/h1-7H,8-9H2,(H,18,21)(H,19,20). The van der Waals surface area contributed by atoms with Gasteiger partial charge in [0.25, 0.3) is 0 Å². The quantitative estimate of drug-likeness (QED) is 0.554. The van der Waals surface area contributed by atoms with E-state index in [2.05, 4.69) is 26.5 Å². The van der Waals surface area contributed by atoms with Gasteiger partial charge in [0.15, 0.2) is 10.4 Å². The van der Waals surface area contributed by atoms with Gasteiger partial charge in [-0.1, -0.05) is 30.3 Å². The van der Waals surface area contributed by atoms with Crippen LogP contribution < -0.4 is 5.43 Å². The minimum Gasteiger partial charge on any atom is -0.481 e. The van der Waals surface area contributed by atoms with Gasteiger partial charge in [-0.15, -0.1) is 11.8 Å². The molecule has 0 aliphatic heterocycles. The first kappa shape index (κ1) is 17.3. The smallest absolute Gasteiger partial charge is 0.313 e. The van der Waals surface area contributed by atoms with Gasteiger partial charge in [-0.05, 0) is 33.6 Å². The third kappa shape index (κ3) is 5.57. The van der Waals surface area contributed by atoms with E-state index in [0.29, 0.717) is 16.1 Å². The van der Waals surface area contributed by atoms with Gasteiger partial charge >= 0.3 is 11.9 Å². The summed E-state index contributed by atoms with van der Waals surface area (Å²) in [4.78, 5) is 22.6. The maximum atomic E-state index is 11.9. The lowest BCUT2D eigenvalue weighted by Crippen LogP contribution is -2.20. The number of carboxylic acids is 1. The van der Waals surface area contributed by atoms with Crippen LogP contribution in [0.5, 0.6) is 0 Å². The van der Waals surface area contributed by atoms with Crippen molar-refractivity contribution in [1.82, 2.24) is 5.43 Å². The summed E-state index contributed by atoms with van der Waals surface area (Å²) in [7, 11) is 0. The zero-order chi connectivity index (χ0) is 16.7. The largest absolute Gasteiger partial charge is 0.481 e. The summed E-state index contributed by atoms with van der Waals surface area (Å²) in [6.07, 6.45) is 0. The highest BCUT2D eigenvalue weighted by atomic mass is 79.9. The van der Waals surface area contributed by atoms with E-state index in [0.717, 1.165) is 5.56 Å². The van der Waals surface area contributed by atoms with Crippen LogP contribution in [0.15, 0.2) is 56.7 Å². The number of carbonyl (C=O) groups is 2. The van der Waals surface area contributed by atoms with E-state index >= 15 is 0 Å². The summed E-state index contributed by atoms with van der Waals surface area (Å²) in [5.74, 6) is -0.922. The fourth-order valence-electron chi connectivity index (χ4n) is 1.66. The monoisotopic (exact) mass is 396 g/mol. The summed E-state index contributed by atoms with van der Waals surface area (Å²) < 4.78 is 5.60. The summed E-state index contributed by atoms with van der Waals surface area (Å²) in [6, 6.07) is 12.4. The van der Waals surface area contributed by atoms with Crippen LogP contribution in [-0.4, -0.2) is 34.2 Å². The summed E-state index contributed by atoms with van der Waals surface area (Å²) in [5.41, 5.74) is 3.81. The van der Waals surface area contributed by atoms with E-state index < -0.39 is 11.9 Å². The van der Waals surface area contributed by atoms with Crippen molar-refractivity contribution in [3.63, 3.8) is 0 Å². The van der Waals surface area contributed by atoms with Crippen LogP contribution in [-0.2, 0) is 4.79 Å². The second-order valence-corrected chi connectivity index (χ2v) is 6.12. The number of furan rings is 1. The van der Waals surface area contributed by atoms with Crippen LogP contribution in [0, 0.1) is 0 Å². The van der Waals surface area contributed by atoms with Crippen molar-refractivity contribution in [3.05, 3.63) is 58.5 Å². The van der Waals surface area contributed by atoms with E-state index in [-0.39, 0.29) is 11.5 Å². The molecule has 0 saturated carbocycles. The van der Waals surface area contributed by atoms with Gasteiger partial charge in [-0.2, -0.15) is 5.10 Å². The molecule has 23 heavy (non-hydrogen) atoms. The fourth-order valence-corrected chi connectivity index (χ4v) is 2.66. The van der Waals surface area contributed by atoms with Gasteiger partial charge < -0.3 is 9.52 Å². The Morgan fingerprint density at radius 2 is 1.91 bits per heavy atom. The van der Waals surface area contributed by atoms with Crippen LogP contribution in [0.4, 0.5) is 0 Å². The molecule has 6 nitrogen and oxygen atoms in total. The van der Waals surface area contributed by atoms with Crippen molar-refractivity contribution in [2.24, 2.45) is 5.10 Å². The number of nitrogens with zero attached hydrogens (tertiary/aromatic N) is 1. The van der Waals surface area contributed by atoms with Crippen molar-refractivity contribution in [2.45, 2.75) is 0 Å². The lowest BCUT2D eigenvalue weighted by Gasteiger charge is -2.06. The average Bonchev–Trinajstić information content (AvgIpc) is 2.97. The Kier molecular flexibility index (Phi) is 6.42. The number of hydrazone groups is 1. The molecule has 0 radical (unpaired) electrons. The molecule has 0 atom stereocenters. The Morgan fingerprint density at radius 3 is 2.52 bits per heavy atom. The molecule has 0 aliphatic carbocycles. The molecular formula is C15H13BrN2O4S. The number of amides is 1. The minimum absolute atomic E-state index is 0.0368. The number of benzene rings is 1. The molecule has 8 heteroatoms. The van der Waals surface area contributed by atoms with Gasteiger partial charge in [-0.25, -0.2) is 5.43 Å². The zero-order valence-electron chi connectivity index (χ0n) is 11.9. The minimum atomic E-state index is -0.896. The highest BCUT2D eigenvalue weighted by Gasteiger charge is 2.11. The number of halogens is 1. The summed E-state index contributed by atoms with van der Waals surface area (Å²) in [6.45, 7) is 0. The van der Waals surface area contributed by atoms with E-state index in [1.807, 2.05) is 30.3 Å². The molecule has 2 N–H and O–H groups in total. The number of carbonyl (C=O) groups excluding carboxylic acids is 1. The maximum absolute atomic E-state index is 11.9. The van der Waals surface area contributed by atoms with Crippen molar-refractivity contribution in [2.75, 3.05) is 11.5 Å². The second kappa shape index (κ2) is 8.54. The van der Waals surface area contributed by atoms with Gasteiger partial charge in [0.05, 0.1) is 11.5 Å². The van der Waals surface area contributed by atoms with Crippen LogP contribution in [0.1, 0.15) is 16.1 Å². The number of thioether (sulfide) groups is 1. The highest BCUT2D eigenvalue weighted by molar-refractivity contribution is 9.10. The van der Waals surface area contributed by atoms with Crippen LogP contribution in [0.3, 0.4) is 0 Å². The van der Waals surface area contributed by atoms with Crippen LogP contribution in [0.2, 0.25) is 0 Å². The van der Waals surface area contributed by atoms with E-state index in [1.165, 1.54) is 17.8 Å². The van der Waals surface area contributed by atoms with Gasteiger partial charge in [0.2, 0.25) is 0 Å². The molecule has 120 valence electrons. The lowest BCUT2D eigenvalue weighted by molar-refractivity contribution is -0.133. The maximum Gasteiger partial charge on any atom is 0.313 e. The van der Waals surface area contributed by atoms with Gasteiger partial charge in [-0.3, -0.25) is 9.59 Å². The zero-order valence-corrected chi connectivity index (χ0v) is 14.3. The normalized spacial score (nSPS) is 11.3.